The maximum Gasteiger partial charge on any atom is 0.347 e. The Labute approximate surface area is 122 Å². The minimum atomic E-state index is -0.916. The summed E-state index contributed by atoms with van der Waals surface area (Å²) in [6.45, 7) is 9.77. The van der Waals surface area contributed by atoms with Crippen LogP contribution in [0, 0.1) is 13.8 Å². The summed E-state index contributed by atoms with van der Waals surface area (Å²) in [5.41, 5.74) is 3.09. The van der Waals surface area contributed by atoms with Crippen LogP contribution in [0.1, 0.15) is 47.5 Å². The third kappa shape index (κ3) is 2.88. The number of aromatic carboxylic acids is 1. The molecule has 0 fully saturated rings. The van der Waals surface area contributed by atoms with Gasteiger partial charge in [-0.05, 0) is 26.0 Å². The summed E-state index contributed by atoms with van der Waals surface area (Å²) in [4.78, 5) is 20.6. The summed E-state index contributed by atoms with van der Waals surface area (Å²) in [6, 6.07) is 3.87. The zero-order chi connectivity index (χ0) is 15.1. The van der Waals surface area contributed by atoms with Gasteiger partial charge in [-0.25, -0.2) is 9.78 Å². The number of thiazole rings is 1. The number of carboxylic acids is 1. The van der Waals surface area contributed by atoms with Crippen LogP contribution in [0.2, 0.25) is 0 Å². The van der Waals surface area contributed by atoms with Gasteiger partial charge in [-0.1, -0.05) is 20.8 Å². The second-order valence-corrected chi connectivity index (χ2v) is 6.89. The van der Waals surface area contributed by atoms with Crippen LogP contribution in [0.5, 0.6) is 0 Å². The van der Waals surface area contributed by atoms with Gasteiger partial charge in [-0.3, -0.25) is 4.98 Å². The third-order valence-electron chi connectivity index (χ3n) is 2.86. The summed E-state index contributed by atoms with van der Waals surface area (Å²) in [7, 11) is 0. The molecular formula is C15H18N2O2S. The average molecular weight is 290 g/mol. The Bertz CT molecular complexity index is 649. The molecule has 20 heavy (non-hydrogen) atoms. The molecule has 4 nitrogen and oxygen atoms in total. The predicted octanol–water partition coefficient (Wildman–Crippen LogP) is 3.82. The van der Waals surface area contributed by atoms with Gasteiger partial charge in [-0.2, -0.15) is 0 Å². The molecule has 0 amide bonds. The van der Waals surface area contributed by atoms with Crippen molar-refractivity contribution >= 4 is 17.3 Å². The van der Waals surface area contributed by atoms with Crippen molar-refractivity contribution in [3.05, 3.63) is 34.1 Å². The lowest BCUT2D eigenvalue weighted by molar-refractivity contribution is 0.0699. The van der Waals surface area contributed by atoms with Gasteiger partial charge in [0.1, 0.15) is 9.88 Å². The van der Waals surface area contributed by atoms with E-state index in [-0.39, 0.29) is 5.41 Å². The van der Waals surface area contributed by atoms with Crippen molar-refractivity contribution in [1.29, 1.82) is 0 Å². The summed E-state index contributed by atoms with van der Waals surface area (Å²) in [5, 5.41) is 10.1. The fourth-order valence-corrected chi connectivity index (χ4v) is 3.16. The maximum absolute atomic E-state index is 11.4. The van der Waals surface area contributed by atoms with Crippen molar-refractivity contribution in [2.75, 3.05) is 0 Å². The second-order valence-electron chi connectivity index (χ2n) is 5.89. The van der Waals surface area contributed by atoms with Crippen LogP contribution in [0.4, 0.5) is 0 Å². The molecule has 2 aromatic heterocycles. The van der Waals surface area contributed by atoms with Crippen LogP contribution >= 0.6 is 11.3 Å². The molecule has 0 aliphatic heterocycles. The van der Waals surface area contributed by atoms with Crippen LogP contribution in [-0.2, 0) is 5.41 Å². The first-order valence-corrected chi connectivity index (χ1v) is 7.20. The molecule has 0 spiro atoms. The molecule has 2 heterocycles. The average Bonchev–Trinajstić information content (AvgIpc) is 2.71. The van der Waals surface area contributed by atoms with Gasteiger partial charge < -0.3 is 5.11 Å². The second kappa shape index (κ2) is 4.98. The van der Waals surface area contributed by atoms with Crippen molar-refractivity contribution in [3.63, 3.8) is 0 Å². The Kier molecular flexibility index (Phi) is 3.65. The van der Waals surface area contributed by atoms with Crippen LogP contribution in [0.15, 0.2) is 12.1 Å². The van der Waals surface area contributed by atoms with Crippen molar-refractivity contribution < 1.29 is 9.90 Å². The number of rotatable bonds is 2. The summed E-state index contributed by atoms with van der Waals surface area (Å²) in [5.74, 6) is -0.916. The molecule has 0 aromatic carbocycles. The third-order valence-corrected chi connectivity index (χ3v) is 3.95. The molecular weight excluding hydrogens is 272 g/mol. The van der Waals surface area contributed by atoms with E-state index in [9.17, 15) is 9.90 Å². The molecule has 5 heteroatoms. The zero-order valence-corrected chi connectivity index (χ0v) is 13.1. The van der Waals surface area contributed by atoms with E-state index >= 15 is 0 Å². The lowest BCUT2D eigenvalue weighted by Gasteiger charge is -2.16. The monoisotopic (exact) mass is 290 g/mol. The van der Waals surface area contributed by atoms with E-state index in [0.717, 1.165) is 22.0 Å². The first kappa shape index (κ1) is 14.7. The maximum atomic E-state index is 11.4. The first-order valence-electron chi connectivity index (χ1n) is 6.39. The summed E-state index contributed by atoms with van der Waals surface area (Å²) in [6.07, 6.45) is 0. The highest BCUT2D eigenvalue weighted by atomic mass is 32.1. The minimum absolute atomic E-state index is 0.292. The topological polar surface area (TPSA) is 63.1 Å². The zero-order valence-electron chi connectivity index (χ0n) is 12.3. The van der Waals surface area contributed by atoms with Crippen LogP contribution < -0.4 is 0 Å². The van der Waals surface area contributed by atoms with Gasteiger partial charge in [0.05, 0.1) is 5.69 Å². The number of aromatic nitrogens is 2. The Morgan fingerprint density at radius 2 is 1.70 bits per heavy atom. The molecule has 0 aliphatic rings. The van der Waals surface area contributed by atoms with Gasteiger partial charge in [0.15, 0.2) is 0 Å². The van der Waals surface area contributed by atoms with Crippen molar-refractivity contribution in [2.24, 2.45) is 0 Å². The van der Waals surface area contributed by atoms with Crippen LogP contribution in [0.3, 0.4) is 0 Å². The van der Waals surface area contributed by atoms with Gasteiger partial charge in [0.25, 0.3) is 0 Å². The molecule has 1 N–H and O–H groups in total. The number of carboxylic acid groups (broad SMARTS) is 1. The van der Waals surface area contributed by atoms with Crippen LogP contribution in [0.25, 0.3) is 10.6 Å². The number of pyridine rings is 1. The van der Waals surface area contributed by atoms with E-state index in [4.69, 9.17) is 0 Å². The molecule has 2 rings (SSSR count). The molecule has 0 atom stereocenters. The number of nitrogens with zero attached hydrogens (tertiary/aromatic N) is 2. The lowest BCUT2D eigenvalue weighted by Crippen LogP contribution is -2.16. The largest absolute Gasteiger partial charge is 0.477 e. The molecule has 0 saturated heterocycles. The normalized spacial score (nSPS) is 11.7. The van der Waals surface area contributed by atoms with E-state index in [1.165, 1.54) is 11.3 Å². The standard InChI is InChI=1S/C15H18N2O2S/c1-8-6-10(7-9(2)16-8)13-17-12(15(3,4)5)11(20-13)14(18)19/h6-7H,1-5H3,(H,18,19). The van der Waals surface area contributed by atoms with E-state index < -0.39 is 5.97 Å². The quantitative estimate of drug-likeness (QED) is 0.913. The molecule has 0 unspecified atom stereocenters. The number of aryl methyl sites for hydroxylation is 2. The van der Waals surface area contributed by atoms with Crippen LogP contribution in [-0.4, -0.2) is 21.0 Å². The Morgan fingerprint density at radius 3 is 2.10 bits per heavy atom. The van der Waals surface area contributed by atoms with Gasteiger partial charge in [0, 0.05) is 22.4 Å². The first-order chi connectivity index (χ1) is 9.18. The molecule has 0 saturated carbocycles. The highest BCUT2D eigenvalue weighted by molar-refractivity contribution is 7.17. The number of hydrogen-bond acceptors (Lipinski definition) is 4. The predicted molar refractivity (Wildman–Crippen MR) is 80.5 cm³/mol. The van der Waals surface area contributed by atoms with Gasteiger partial charge in [0.2, 0.25) is 0 Å². The Balaban J connectivity index is 2.62. The van der Waals surface area contributed by atoms with Crippen molar-refractivity contribution in [3.8, 4) is 10.6 Å². The van der Waals surface area contributed by atoms with E-state index in [1.54, 1.807) is 0 Å². The van der Waals surface area contributed by atoms with Gasteiger partial charge >= 0.3 is 5.97 Å². The summed E-state index contributed by atoms with van der Waals surface area (Å²) >= 11 is 1.23. The molecule has 106 valence electrons. The molecule has 2 aromatic rings. The van der Waals surface area contributed by atoms with E-state index in [1.807, 2.05) is 46.8 Å². The van der Waals surface area contributed by atoms with Crippen molar-refractivity contribution in [1.82, 2.24) is 9.97 Å². The van der Waals surface area contributed by atoms with E-state index in [0.29, 0.717) is 10.6 Å². The smallest absolute Gasteiger partial charge is 0.347 e. The highest BCUT2D eigenvalue weighted by Gasteiger charge is 2.27. The number of carbonyl (C=O) groups is 1. The highest BCUT2D eigenvalue weighted by Crippen LogP contribution is 2.34. The molecule has 0 bridgehead atoms. The van der Waals surface area contributed by atoms with Crippen molar-refractivity contribution in [2.45, 2.75) is 40.0 Å². The Morgan fingerprint density at radius 1 is 1.15 bits per heavy atom. The number of hydrogen-bond donors (Lipinski definition) is 1. The molecule has 0 aliphatic carbocycles. The summed E-state index contributed by atoms with van der Waals surface area (Å²) < 4.78 is 0. The fraction of sp³-hybridized carbons (Fsp3) is 0.400. The van der Waals surface area contributed by atoms with E-state index in [2.05, 4.69) is 9.97 Å². The minimum Gasteiger partial charge on any atom is -0.477 e. The Hall–Kier alpha value is -1.75. The lowest BCUT2D eigenvalue weighted by atomic mass is 9.91. The SMILES string of the molecule is Cc1cc(-c2nc(C(C)(C)C)c(C(=O)O)s2)cc(C)n1. The fourth-order valence-electron chi connectivity index (χ4n) is 2.05. The molecule has 0 radical (unpaired) electrons. The van der Waals surface area contributed by atoms with Gasteiger partial charge in [-0.15, -0.1) is 11.3 Å².